The van der Waals surface area contributed by atoms with Gasteiger partial charge >= 0.3 is 5.97 Å². The predicted molar refractivity (Wildman–Crippen MR) is 94.8 cm³/mol. The zero-order valence-corrected chi connectivity index (χ0v) is 15.5. The van der Waals surface area contributed by atoms with Crippen LogP contribution in [0.25, 0.3) is 0 Å². The van der Waals surface area contributed by atoms with Crippen LogP contribution in [0, 0.1) is 5.92 Å². The van der Waals surface area contributed by atoms with Gasteiger partial charge in [-0.25, -0.2) is 4.79 Å². The number of carbonyl (C=O) groups is 2. The molecule has 1 amide bonds. The van der Waals surface area contributed by atoms with Gasteiger partial charge in [-0.15, -0.1) is 0 Å². The van der Waals surface area contributed by atoms with Gasteiger partial charge in [0.2, 0.25) is 0 Å². The monoisotopic (exact) mass is 397 g/mol. The second-order valence-electron chi connectivity index (χ2n) is 6.12. The lowest BCUT2D eigenvalue weighted by Crippen LogP contribution is -2.39. The molecule has 0 aromatic heterocycles. The zero-order chi connectivity index (χ0) is 17.4. The van der Waals surface area contributed by atoms with E-state index >= 15 is 0 Å². The van der Waals surface area contributed by atoms with Crippen molar-refractivity contribution in [3.05, 3.63) is 28.7 Å². The van der Waals surface area contributed by atoms with Crippen LogP contribution >= 0.6 is 15.9 Å². The van der Waals surface area contributed by atoms with Crippen molar-refractivity contribution in [1.29, 1.82) is 0 Å². The molecule has 1 aliphatic carbocycles. The van der Waals surface area contributed by atoms with Crippen LogP contribution in [-0.4, -0.2) is 31.1 Å². The van der Waals surface area contributed by atoms with Crippen molar-refractivity contribution in [3.8, 4) is 5.75 Å². The van der Waals surface area contributed by atoms with E-state index in [-0.39, 0.29) is 12.5 Å². The van der Waals surface area contributed by atoms with Gasteiger partial charge in [0, 0.05) is 11.0 Å². The highest BCUT2D eigenvalue weighted by molar-refractivity contribution is 9.10. The van der Waals surface area contributed by atoms with E-state index in [9.17, 15) is 9.59 Å². The Morgan fingerprint density at radius 2 is 1.88 bits per heavy atom. The minimum atomic E-state index is -0.811. The summed E-state index contributed by atoms with van der Waals surface area (Å²) in [5.74, 6) is 0.312. The molecule has 1 aromatic rings. The van der Waals surface area contributed by atoms with E-state index in [1.165, 1.54) is 19.3 Å². The fourth-order valence-corrected chi connectivity index (χ4v) is 3.00. The molecule has 1 N–H and O–H groups in total. The number of nitrogens with one attached hydrogen (secondary N) is 1. The highest BCUT2D eigenvalue weighted by atomic mass is 79.9. The molecule has 2 rings (SSSR count). The summed E-state index contributed by atoms with van der Waals surface area (Å²) in [5, 5.41) is 2.88. The topological polar surface area (TPSA) is 64.6 Å². The van der Waals surface area contributed by atoms with Gasteiger partial charge in [-0.05, 0) is 49.9 Å². The third kappa shape index (κ3) is 6.51. The maximum absolute atomic E-state index is 12.0. The van der Waals surface area contributed by atoms with Gasteiger partial charge < -0.3 is 14.8 Å². The molecule has 0 bridgehead atoms. The van der Waals surface area contributed by atoms with Crippen LogP contribution in [0.4, 0.5) is 0 Å². The van der Waals surface area contributed by atoms with Gasteiger partial charge in [0.1, 0.15) is 5.75 Å². The average molecular weight is 398 g/mol. The molecule has 6 heteroatoms. The van der Waals surface area contributed by atoms with E-state index in [2.05, 4.69) is 21.2 Å². The highest BCUT2D eigenvalue weighted by Crippen LogP contribution is 2.22. The number of amides is 1. The standard InChI is InChI=1S/C18H24BrNO4/c1-13(18(22)20-11-14-5-3-2-4-6-14)24-17(21)12-23-16-9-7-15(19)8-10-16/h7-10,13-14H,2-6,11-12H2,1H3,(H,20,22)/t13-/m1/s1. The van der Waals surface area contributed by atoms with E-state index in [0.29, 0.717) is 18.2 Å². The Morgan fingerprint density at radius 1 is 1.21 bits per heavy atom. The predicted octanol–water partition coefficient (Wildman–Crippen LogP) is 3.46. The largest absolute Gasteiger partial charge is 0.482 e. The van der Waals surface area contributed by atoms with Crippen LogP contribution in [0.2, 0.25) is 0 Å². The second kappa shape index (κ2) is 9.67. The second-order valence-corrected chi connectivity index (χ2v) is 7.04. The molecule has 1 saturated carbocycles. The molecule has 132 valence electrons. The molecule has 1 atom stereocenters. The van der Waals surface area contributed by atoms with E-state index in [1.54, 1.807) is 19.1 Å². The van der Waals surface area contributed by atoms with Crippen molar-refractivity contribution in [2.45, 2.75) is 45.1 Å². The fourth-order valence-electron chi connectivity index (χ4n) is 2.74. The molecule has 24 heavy (non-hydrogen) atoms. The number of esters is 1. The van der Waals surface area contributed by atoms with E-state index < -0.39 is 12.1 Å². The highest BCUT2D eigenvalue weighted by Gasteiger charge is 2.20. The lowest BCUT2D eigenvalue weighted by atomic mass is 9.89. The zero-order valence-electron chi connectivity index (χ0n) is 13.9. The van der Waals surface area contributed by atoms with Gasteiger partial charge in [-0.1, -0.05) is 35.2 Å². The molecule has 0 saturated heterocycles. The van der Waals surface area contributed by atoms with Crippen LogP contribution in [0.1, 0.15) is 39.0 Å². The van der Waals surface area contributed by atoms with E-state index in [0.717, 1.165) is 17.3 Å². The first-order valence-corrected chi connectivity index (χ1v) is 9.19. The van der Waals surface area contributed by atoms with Crippen LogP contribution in [0.5, 0.6) is 5.75 Å². The normalized spacial score (nSPS) is 16.2. The van der Waals surface area contributed by atoms with Gasteiger partial charge in [-0.3, -0.25) is 4.79 Å². The van der Waals surface area contributed by atoms with Gasteiger partial charge in [0.05, 0.1) is 0 Å². The van der Waals surface area contributed by atoms with Crippen molar-refractivity contribution in [3.63, 3.8) is 0 Å². The Bertz CT molecular complexity index is 540. The molecular weight excluding hydrogens is 374 g/mol. The summed E-state index contributed by atoms with van der Waals surface area (Å²) >= 11 is 3.33. The first kappa shape index (κ1) is 18.8. The Kier molecular flexibility index (Phi) is 7.56. The Balaban J connectivity index is 1.66. The van der Waals surface area contributed by atoms with E-state index in [4.69, 9.17) is 9.47 Å². The van der Waals surface area contributed by atoms with Crippen LogP contribution in [0.3, 0.4) is 0 Å². The maximum Gasteiger partial charge on any atom is 0.344 e. The van der Waals surface area contributed by atoms with Crippen molar-refractivity contribution < 1.29 is 19.1 Å². The summed E-state index contributed by atoms with van der Waals surface area (Å²) < 4.78 is 11.4. The van der Waals surface area contributed by atoms with E-state index in [1.807, 2.05) is 12.1 Å². The molecular formula is C18H24BrNO4. The molecule has 0 radical (unpaired) electrons. The molecule has 0 unspecified atom stereocenters. The summed E-state index contributed by atoms with van der Waals surface area (Å²) in [5.41, 5.74) is 0. The summed E-state index contributed by atoms with van der Waals surface area (Å²) in [6.07, 6.45) is 5.27. The average Bonchev–Trinajstić information content (AvgIpc) is 2.60. The number of rotatable bonds is 7. The number of carbonyl (C=O) groups excluding carboxylic acids is 2. The lowest BCUT2D eigenvalue weighted by Gasteiger charge is -2.22. The quantitative estimate of drug-likeness (QED) is 0.715. The van der Waals surface area contributed by atoms with Crippen LogP contribution < -0.4 is 10.1 Å². The van der Waals surface area contributed by atoms with Gasteiger partial charge in [-0.2, -0.15) is 0 Å². The molecule has 1 aromatic carbocycles. The number of hydrogen-bond acceptors (Lipinski definition) is 4. The first-order chi connectivity index (χ1) is 11.5. The third-order valence-corrected chi connectivity index (χ3v) is 4.67. The van der Waals surface area contributed by atoms with Crippen LogP contribution in [0.15, 0.2) is 28.7 Å². The number of hydrogen-bond donors (Lipinski definition) is 1. The molecule has 0 heterocycles. The molecule has 0 aliphatic heterocycles. The lowest BCUT2D eigenvalue weighted by molar-refractivity contribution is -0.156. The van der Waals surface area contributed by atoms with Crippen molar-refractivity contribution in [2.24, 2.45) is 5.92 Å². The summed E-state index contributed by atoms with van der Waals surface area (Å²) in [6, 6.07) is 7.14. The Hall–Kier alpha value is -1.56. The fraction of sp³-hybridized carbons (Fsp3) is 0.556. The van der Waals surface area contributed by atoms with Crippen molar-refractivity contribution in [2.75, 3.05) is 13.2 Å². The minimum absolute atomic E-state index is 0.220. The van der Waals surface area contributed by atoms with Crippen molar-refractivity contribution >= 4 is 27.8 Å². The number of halogens is 1. The third-order valence-electron chi connectivity index (χ3n) is 4.14. The van der Waals surface area contributed by atoms with Gasteiger partial charge in [0.15, 0.2) is 12.7 Å². The molecule has 5 nitrogen and oxygen atoms in total. The smallest absolute Gasteiger partial charge is 0.344 e. The SMILES string of the molecule is C[C@@H](OC(=O)COc1ccc(Br)cc1)C(=O)NCC1CCCCC1. The minimum Gasteiger partial charge on any atom is -0.482 e. The summed E-state index contributed by atoms with van der Waals surface area (Å²) in [4.78, 5) is 23.8. The van der Waals surface area contributed by atoms with Crippen molar-refractivity contribution in [1.82, 2.24) is 5.32 Å². The van der Waals surface area contributed by atoms with Crippen LogP contribution in [-0.2, 0) is 14.3 Å². The number of benzene rings is 1. The molecule has 1 fully saturated rings. The van der Waals surface area contributed by atoms with Gasteiger partial charge in [0.25, 0.3) is 5.91 Å². The Labute approximate surface area is 151 Å². The summed E-state index contributed by atoms with van der Waals surface area (Å²) in [7, 11) is 0. The summed E-state index contributed by atoms with van der Waals surface area (Å²) in [6.45, 7) is 2.02. The molecule has 1 aliphatic rings. The first-order valence-electron chi connectivity index (χ1n) is 8.40. The molecule has 0 spiro atoms. The maximum atomic E-state index is 12.0. The number of ether oxygens (including phenoxy) is 2. The Morgan fingerprint density at radius 3 is 2.54 bits per heavy atom.